The molecule has 3 aromatic rings. The van der Waals surface area contributed by atoms with E-state index in [9.17, 15) is 14.4 Å². The second-order valence-electron chi connectivity index (χ2n) is 5.40. The lowest BCUT2D eigenvalue weighted by Crippen LogP contribution is -2.25. The van der Waals surface area contributed by atoms with Crippen LogP contribution in [-0.2, 0) is 4.79 Å². The third-order valence-electron chi connectivity index (χ3n) is 3.42. The van der Waals surface area contributed by atoms with Crippen molar-refractivity contribution >= 4 is 50.8 Å². The van der Waals surface area contributed by atoms with Gasteiger partial charge in [0.05, 0.1) is 15.2 Å². The summed E-state index contributed by atoms with van der Waals surface area (Å²) in [7, 11) is 0. The lowest BCUT2D eigenvalue weighted by Gasteiger charge is -2.08. The van der Waals surface area contributed by atoms with E-state index in [0.29, 0.717) is 10.8 Å². The summed E-state index contributed by atoms with van der Waals surface area (Å²) >= 11 is 9.00. The summed E-state index contributed by atoms with van der Waals surface area (Å²) in [4.78, 5) is 16.2. The normalized spacial score (nSPS) is 11.2. The zero-order valence-electron chi connectivity index (χ0n) is 14.4. The van der Waals surface area contributed by atoms with Gasteiger partial charge in [0, 0.05) is 0 Å². The third-order valence-corrected chi connectivity index (χ3v) is 4.34. The van der Waals surface area contributed by atoms with E-state index >= 15 is 0 Å². The Balaban J connectivity index is 1.73. The van der Waals surface area contributed by atoms with Crippen LogP contribution in [-0.4, -0.2) is 33.9 Å². The van der Waals surface area contributed by atoms with Gasteiger partial charge in [-0.05, 0) is 56.6 Å². The van der Waals surface area contributed by atoms with Gasteiger partial charge in [0.25, 0.3) is 5.91 Å². The molecule has 0 unspecified atom stereocenters. The van der Waals surface area contributed by atoms with Gasteiger partial charge < -0.3 is 10.1 Å². The maximum atomic E-state index is 13.4. The molecule has 150 valence electrons. The van der Waals surface area contributed by atoms with E-state index in [0.717, 1.165) is 0 Å². The van der Waals surface area contributed by atoms with Crippen molar-refractivity contribution in [1.29, 1.82) is 0 Å². The number of ether oxygens (including phenoxy) is 1. The smallest absolute Gasteiger partial charge is 0.263 e. The highest BCUT2D eigenvalue weighted by Gasteiger charge is 2.19. The largest absolute Gasteiger partial charge is 0.482 e. The van der Waals surface area contributed by atoms with Crippen LogP contribution in [0, 0.1) is 5.82 Å². The number of hydrogen-bond donors (Lipinski definition) is 3. The Hall–Kier alpha value is -3.02. The minimum atomic E-state index is -0.580. The summed E-state index contributed by atoms with van der Waals surface area (Å²) in [5.74, 6) is -1.02. The maximum Gasteiger partial charge on any atom is 0.263 e. The van der Waals surface area contributed by atoms with Crippen LogP contribution in [0.4, 0.5) is 15.9 Å². The maximum absolute atomic E-state index is 13.4. The number of anilines is 1. The van der Waals surface area contributed by atoms with Crippen LogP contribution in [0.5, 0.6) is 5.75 Å². The van der Waals surface area contributed by atoms with Crippen LogP contribution in [0.1, 0.15) is 5.69 Å². The minimum Gasteiger partial charge on any atom is -0.482 e. The van der Waals surface area contributed by atoms with E-state index in [-0.39, 0.29) is 34.1 Å². The number of halogens is 3. The number of hydroxylamine groups is 1. The quantitative estimate of drug-likeness (QED) is 0.277. The molecule has 0 aliphatic carbocycles. The summed E-state index contributed by atoms with van der Waals surface area (Å²) in [5.41, 5.74) is 2.05. The van der Waals surface area contributed by atoms with E-state index in [2.05, 4.69) is 41.2 Å². The number of amides is 1. The minimum absolute atomic E-state index is 0.0842. The lowest BCUT2D eigenvalue weighted by atomic mass is 10.3. The topological polar surface area (TPSA) is 122 Å². The number of aromatic nitrogens is 2. The van der Waals surface area contributed by atoms with Gasteiger partial charge in [-0.1, -0.05) is 23.7 Å². The molecule has 0 radical (unpaired) electrons. The summed E-state index contributed by atoms with van der Waals surface area (Å²) < 4.78 is 23.5. The van der Waals surface area contributed by atoms with Gasteiger partial charge in [0.1, 0.15) is 11.6 Å². The first kappa shape index (κ1) is 20.7. The number of nitrogens with zero attached hydrogens (tertiary/aromatic N) is 3. The SMILES string of the molecule is O=C(COc1ccccc1Cl)Nc1nonc1C(=Nc1ccc(F)c(Br)c1)NO. The van der Waals surface area contributed by atoms with Crippen LogP contribution >= 0.6 is 27.5 Å². The molecule has 1 amide bonds. The van der Waals surface area contributed by atoms with Crippen LogP contribution in [0.15, 0.2) is 56.6 Å². The Morgan fingerprint density at radius 1 is 1.31 bits per heavy atom. The van der Waals surface area contributed by atoms with Crippen LogP contribution < -0.4 is 15.5 Å². The van der Waals surface area contributed by atoms with E-state index < -0.39 is 11.7 Å². The molecule has 0 fully saturated rings. The Kier molecular flexibility index (Phi) is 6.75. The molecule has 0 aliphatic rings. The van der Waals surface area contributed by atoms with Gasteiger partial charge in [-0.3, -0.25) is 15.5 Å². The second kappa shape index (κ2) is 9.45. The Labute approximate surface area is 176 Å². The van der Waals surface area contributed by atoms with E-state index in [1.165, 1.54) is 18.2 Å². The fraction of sp³-hybridized carbons (Fsp3) is 0.0588. The average Bonchev–Trinajstić information content (AvgIpc) is 3.16. The number of rotatable bonds is 6. The second-order valence-corrected chi connectivity index (χ2v) is 6.66. The number of amidine groups is 1. The molecule has 2 aromatic carbocycles. The third kappa shape index (κ3) is 5.28. The molecule has 0 atom stereocenters. The highest BCUT2D eigenvalue weighted by molar-refractivity contribution is 9.10. The van der Waals surface area contributed by atoms with Crippen molar-refractivity contribution in [3.63, 3.8) is 0 Å². The number of benzene rings is 2. The van der Waals surface area contributed by atoms with E-state index in [4.69, 9.17) is 16.3 Å². The Morgan fingerprint density at radius 3 is 2.83 bits per heavy atom. The molecule has 0 saturated carbocycles. The van der Waals surface area contributed by atoms with Crippen LogP contribution in [0.3, 0.4) is 0 Å². The molecule has 0 aliphatic heterocycles. The van der Waals surface area contributed by atoms with Gasteiger partial charge in [0.15, 0.2) is 18.1 Å². The van der Waals surface area contributed by atoms with Crippen LogP contribution in [0.2, 0.25) is 5.02 Å². The summed E-state index contributed by atoms with van der Waals surface area (Å²) in [5, 5.41) is 19.4. The van der Waals surface area contributed by atoms with Crippen molar-refractivity contribution in [3.8, 4) is 5.75 Å². The molecule has 1 heterocycles. The van der Waals surface area contributed by atoms with Gasteiger partial charge in [0.2, 0.25) is 5.82 Å². The predicted molar refractivity (Wildman–Crippen MR) is 105 cm³/mol. The van der Waals surface area contributed by atoms with Crippen molar-refractivity contribution in [2.45, 2.75) is 0 Å². The zero-order valence-corrected chi connectivity index (χ0v) is 16.7. The van der Waals surface area contributed by atoms with E-state index in [1.807, 2.05) is 5.48 Å². The molecule has 3 rings (SSSR count). The van der Waals surface area contributed by atoms with Crippen molar-refractivity contribution in [1.82, 2.24) is 15.8 Å². The molecule has 0 saturated heterocycles. The number of hydrogen-bond acceptors (Lipinski definition) is 7. The molecule has 3 N–H and O–H groups in total. The Bertz CT molecular complexity index is 1060. The molecular weight excluding hydrogens is 473 g/mol. The fourth-order valence-electron chi connectivity index (χ4n) is 2.11. The highest BCUT2D eigenvalue weighted by Crippen LogP contribution is 2.24. The first-order valence-electron chi connectivity index (χ1n) is 7.92. The summed E-state index contributed by atoms with van der Waals surface area (Å²) in [6, 6.07) is 10.6. The lowest BCUT2D eigenvalue weighted by molar-refractivity contribution is -0.118. The van der Waals surface area contributed by atoms with E-state index in [1.54, 1.807) is 24.3 Å². The fourth-order valence-corrected chi connectivity index (χ4v) is 2.67. The van der Waals surface area contributed by atoms with Gasteiger partial charge in [-0.15, -0.1) is 0 Å². The number of carbonyl (C=O) groups excluding carboxylic acids is 1. The molecule has 9 nitrogen and oxygen atoms in total. The van der Waals surface area contributed by atoms with Crippen molar-refractivity contribution in [3.05, 3.63) is 63.5 Å². The number of carbonyl (C=O) groups is 1. The van der Waals surface area contributed by atoms with Gasteiger partial charge in [-0.2, -0.15) is 0 Å². The molecule has 0 bridgehead atoms. The highest BCUT2D eigenvalue weighted by atomic mass is 79.9. The zero-order chi connectivity index (χ0) is 20.8. The van der Waals surface area contributed by atoms with Crippen LogP contribution in [0.25, 0.3) is 0 Å². The molecule has 29 heavy (non-hydrogen) atoms. The first-order chi connectivity index (χ1) is 14.0. The monoisotopic (exact) mass is 483 g/mol. The van der Waals surface area contributed by atoms with Gasteiger partial charge >= 0.3 is 0 Å². The standard InChI is InChI=1S/C17H12BrClFN5O4/c18-10-7-9(5-6-12(10)20)21-16(23-27)15-17(25-29-24-15)22-14(26)8-28-13-4-2-1-3-11(13)19/h1-7,27H,8H2,(H,21,23)(H,22,25,26). The summed E-state index contributed by atoms with van der Waals surface area (Å²) in [6.07, 6.45) is 0. The average molecular weight is 485 g/mol. The predicted octanol–water partition coefficient (Wildman–Crippen LogP) is 3.70. The number of nitrogens with one attached hydrogen (secondary N) is 2. The van der Waals surface area contributed by atoms with Gasteiger partial charge in [-0.25, -0.2) is 14.0 Å². The molecule has 1 aromatic heterocycles. The first-order valence-corrected chi connectivity index (χ1v) is 9.09. The number of para-hydroxylation sites is 1. The summed E-state index contributed by atoms with van der Waals surface area (Å²) in [6.45, 7) is -0.361. The molecule has 0 spiro atoms. The molecular formula is C17H12BrClFN5O4. The van der Waals surface area contributed by atoms with Crippen molar-refractivity contribution in [2.75, 3.05) is 11.9 Å². The Morgan fingerprint density at radius 2 is 2.10 bits per heavy atom. The number of aliphatic imine (C=N–C) groups is 1. The van der Waals surface area contributed by atoms with Crippen molar-refractivity contribution < 1.29 is 23.8 Å². The van der Waals surface area contributed by atoms with Crippen molar-refractivity contribution in [2.24, 2.45) is 4.99 Å². The molecule has 12 heteroatoms.